The lowest BCUT2D eigenvalue weighted by Gasteiger charge is -2.07. The smallest absolute Gasteiger partial charge is 0.249 e. The van der Waals surface area contributed by atoms with Crippen LogP contribution in [0.4, 0.5) is 17.5 Å². The van der Waals surface area contributed by atoms with Gasteiger partial charge in [-0.3, -0.25) is 10.1 Å². The molecule has 7 heteroatoms. The van der Waals surface area contributed by atoms with Gasteiger partial charge in [-0.15, -0.1) is 5.10 Å². The molecule has 1 aliphatic carbocycles. The zero-order chi connectivity index (χ0) is 15.8. The number of nitrogens with one attached hydrogen (secondary N) is 2. The number of benzene rings is 1. The van der Waals surface area contributed by atoms with Gasteiger partial charge >= 0.3 is 0 Å². The van der Waals surface area contributed by atoms with Gasteiger partial charge in [0.05, 0.1) is 0 Å². The van der Waals surface area contributed by atoms with Gasteiger partial charge < -0.3 is 5.32 Å². The third-order valence-corrected chi connectivity index (χ3v) is 3.88. The van der Waals surface area contributed by atoms with Crippen LogP contribution in [0.1, 0.15) is 12.8 Å². The van der Waals surface area contributed by atoms with Gasteiger partial charge in [-0.1, -0.05) is 23.7 Å². The minimum Gasteiger partial charge on any atom is -0.340 e. The first-order valence-corrected chi connectivity index (χ1v) is 7.76. The first kappa shape index (κ1) is 14.0. The summed E-state index contributed by atoms with van der Waals surface area (Å²) in [5, 5.41) is 11.0. The lowest BCUT2D eigenvalue weighted by molar-refractivity contribution is -0.117. The van der Waals surface area contributed by atoms with E-state index in [-0.39, 0.29) is 11.8 Å². The second kappa shape index (κ2) is 5.55. The van der Waals surface area contributed by atoms with Crippen LogP contribution in [0.15, 0.2) is 42.5 Å². The molecule has 0 bridgehead atoms. The standard InChI is InChI=1S/C16H14ClN5O/c17-11-3-1-4-12(9-11)18-13-5-2-6-14-19-16(21-22(13)14)20-15(23)10-7-8-10/h1-6,9-10,18H,7-8H2,(H,20,21,23). The zero-order valence-electron chi connectivity index (χ0n) is 12.2. The van der Waals surface area contributed by atoms with Crippen molar-refractivity contribution in [3.05, 3.63) is 47.5 Å². The largest absolute Gasteiger partial charge is 0.340 e. The Labute approximate surface area is 137 Å². The highest BCUT2D eigenvalue weighted by Crippen LogP contribution is 2.30. The van der Waals surface area contributed by atoms with E-state index < -0.39 is 0 Å². The molecule has 0 atom stereocenters. The van der Waals surface area contributed by atoms with Crippen molar-refractivity contribution in [2.75, 3.05) is 10.6 Å². The van der Waals surface area contributed by atoms with E-state index in [1.54, 1.807) is 4.52 Å². The van der Waals surface area contributed by atoms with Gasteiger partial charge in [-0.25, -0.2) is 0 Å². The fourth-order valence-corrected chi connectivity index (χ4v) is 2.51. The highest BCUT2D eigenvalue weighted by molar-refractivity contribution is 6.30. The Kier molecular flexibility index (Phi) is 3.38. The molecule has 116 valence electrons. The van der Waals surface area contributed by atoms with Crippen molar-refractivity contribution in [3.8, 4) is 0 Å². The van der Waals surface area contributed by atoms with Crippen LogP contribution in [0.2, 0.25) is 5.02 Å². The van der Waals surface area contributed by atoms with Crippen LogP contribution < -0.4 is 10.6 Å². The Bertz CT molecular complexity index is 887. The molecular formula is C16H14ClN5O. The monoisotopic (exact) mass is 327 g/mol. The normalized spacial score (nSPS) is 14.0. The molecule has 2 aromatic heterocycles. The van der Waals surface area contributed by atoms with Crippen LogP contribution in [0.5, 0.6) is 0 Å². The van der Waals surface area contributed by atoms with Crippen LogP contribution >= 0.6 is 11.6 Å². The average molecular weight is 328 g/mol. The quantitative estimate of drug-likeness (QED) is 0.769. The number of hydrogen-bond donors (Lipinski definition) is 2. The van der Waals surface area contributed by atoms with Gasteiger partial charge in [0.25, 0.3) is 0 Å². The summed E-state index contributed by atoms with van der Waals surface area (Å²) in [6.07, 6.45) is 1.89. The van der Waals surface area contributed by atoms with E-state index in [1.165, 1.54) is 0 Å². The topological polar surface area (TPSA) is 71.3 Å². The number of carbonyl (C=O) groups is 1. The van der Waals surface area contributed by atoms with E-state index in [0.29, 0.717) is 16.6 Å². The van der Waals surface area contributed by atoms with E-state index in [2.05, 4.69) is 20.7 Å². The number of amides is 1. The van der Waals surface area contributed by atoms with Crippen molar-refractivity contribution in [3.63, 3.8) is 0 Å². The Morgan fingerprint density at radius 3 is 2.83 bits per heavy atom. The van der Waals surface area contributed by atoms with Gasteiger partial charge in [-0.05, 0) is 43.2 Å². The third kappa shape index (κ3) is 2.98. The number of hydrogen-bond acceptors (Lipinski definition) is 4. The minimum atomic E-state index is -0.00902. The third-order valence-electron chi connectivity index (χ3n) is 3.64. The van der Waals surface area contributed by atoms with Gasteiger partial charge in [0.1, 0.15) is 5.82 Å². The first-order valence-electron chi connectivity index (χ1n) is 7.38. The summed E-state index contributed by atoms with van der Waals surface area (Å²) in [5.41, 5.74) is 1.51. The highest BCUT2D eigenvalue weighted by Gasteiger charge is 2.30. The predicted molar refractivity (Wildman–Crippen MR) is 89.1 cm³/mol. The number of halogens is 1. The number of carbonyl (C=O) groups excluding carboxylic acids is 1. The average Bonchev–Trinajstić information content (AvgIpc) is 3.29. The summed E-state index contributed by atoms with van der Waals surface area (Å²) in [4.78, 5) is 16.2. The zero-order valence-corrected chi connectivity index (χ0v) is 12.9. The summed E-state index contributed by atoms with van der Waals surface area (Å²) in [7, 11) is 0. The Hall–Kier alpha value is -2.60. The maximum absolute atomic E-state index is 11.8. The van der Waals surface area contributed by atoms with Crippen LogP contribution in [-0.4, -0.2) is 20.5 Å². The highest BCUT2D eigenvalue weighted by atomic mass is 35.5. The fraction of sp³-hybridized carbons (Fsp3) is 0.188. The molecular weight excluding hydrogens is 314 g/mol. The van der Waals surface area contributed by atoms with Crippen LogP contribution in [0, 0.1) is 5.92 Å². The van der Waals surface area contributed by atoms with Crippen molar-refractivity contribution in [2.24, 2.45) is 5.92 Å². The second-order valence-electron chi connectivity index (χ2n) is 5.52. The summed E-state index contributed by atoms with van der Waals surface area (Å²) in [6.45, 7) is 0. The molecule has 3 aromatic rings. The van der Waals surface area contributed by atoms with Gasteiger partial charge in [0, 0.05) is 16.6 Å². The summed E-state index contributed by atoms with van der Waals surface area (Å²) < 4.78 is 1.66. The molecule has 2 N–H and O–H groups in total. The van der Waals surface area contributed by atoms with Crippen molar-refractivity contribution in [1.82, 2.24) is 14.6 Å². The first-order chi connectivity index (χ1) is 11.2. The minimum absolute atomic E-state index is 0.00902. The SMILES string of the molecule is O=C(Nc1nc2cccc(Nc3cccc(Cl)c3)n2n1)C1CC1. The predicted octanol–water partition coefficient (Wildman–Crippen LogP) is 3.47. The Balaban J connectivity index is 1.64. The van der Waals surface area contributed by atoms with Gasteiger partial charge in [0.15, 0.2) is 5.65 Å². The Morgan fingerprint density at radius 2 is 2.04 bits per heavy atom. The van der Waals surface area contributed by atoms with Crippen molar-refractivity contribution >= 4 is 40.6 Å². The van der Waals surface area contributed by atoms with Gasteiger partial charge in [0.2, 0.25) is 11.9 Å². The summed E-state index contributed by atoms with van der Waals surface area (Å²) in [5.74, 6) is 1.17. The molecule has 6 nitrogen and oxygen atoms in total. The maximum Gasteiger partial charge on any atom is 0.249 e. The molecule has 0 aliphatic heterocycles. The molecule has 4 rings (SSSR count). The molecule has 1 aromatic carbocycles. The molecule has 1 aliphatic rings. The van der Waals surface area contributed by atoms with Crippen molar-refractivity contribution in [2.45, 2.75) is 12.8 Å². The van der Waals surface area contributed by atoms with E-state index in [1.807, 2.05) is 42.5 Å². The summed E-state index contributed by atoms with van der Waals surface area (Å²) >= 11 is 6.00. The molecule has 1 saturated carbocycles. The Morgan fingerprint density at radius 1 is 1.22 bits per heavy atom. The van der Waals surface area contributed by atoms with Crippen LogP contribution in [-0.2, 0) is 4.79 Å². The number of rotatable bonds is 4. The molecule has 23 heavy (non-hydrogen) atoms. The molecule has 0 spiro atoms. The molecule has 0 radical (unpaired) electrons. The van der Waals surface area contributed by atoms with E-state index in [4.69, 9.17) is 11.6 Å². The number of aromatic nitrogens is 3. The van der Waals surface area contributed by atoms with Crippen molar-refractivity contribution < 1.29 is 4.79 Å². The van der Waals surface area contributed by atoms with E-state index in [9.17, 15) is 4.79 Å². The molecule has 1 amide bonds. The number of nitrogens with zero attached hydrogens (tertiary/aromatic N) is 3. The molecule has 0 unspecified atom stereocenters. The van der Waals surface area contributed by atoms with E-state index >= 15 is 0 Å². The van der Waals surface area contributed by atoms with Crippen molar-refractivity contribution in [1.29, 1.82) is 0 Å². The fourth-order valence-electron chi connectivity index (χ4n) is 2.32. The molecule has 1 fully saturated rings. The molecule has 0 saturated heterocycles. The molecule has 2 heterocycles. The maximum atomic E-state index is 11.8. The second-order valence-corrected chi connectivity index (χ2v) is 5.95. The number of pyridine rings is 1. The number of anilines is 3. The summed E-state index contributed by atoms with van der Waals surface area (Å²) in [6, 6.07) is 13.0. The van der Waals surface area contributed by atoms with Gasteiger partial charge in [-0.2, -0.15) is 9.50 Å². The van der Waals surface area contributed by atoms with E-state index in [0.717, 1.165) is 24.3 Å². The van der Waals surface area contributed by atoms with Crippen LogP contribution in [0.25, 0.3) is 5.65 Å². The number of fused-ring (bicyclic) bond motifs is 1. The van der Waals surface area contributed by atoms with Crippen LogP contribution in [0.3, 0.4) is 0 Å². The lowest BCUT2D eigenvalue weighted by atomic mass is 10.3. The lowest BCUT2D eigenvalue weighted by Crippen LogP contribution is -2.14.